The Bertz CT molecular complexity index is 424. The lowest BCUT2D eigenvalue weighted by Crippen LogP contribution is -2.27. The Morgan fingerprint density at radius 2 is 2.41 bits per heavy atom. The van der Waals surface area contributed by atoms with Crippen LogP contribution in [-0.4, -0.2) is 22.0 Å². The minimum absolute atomic E-state index is 0.108. The van der Waals surface area contributed by atoms with Crippen molar-refractivity contribution in [1.29, 1.82) is 0 Å². The van der Waals surface area contributed by atoms with E-state index in [0.717, 1.165) is 37.4 Å². The number of hydrogen-bond acceptors (Lipinski definition) is 3. The number of amides is 1. The Hall–Kier alpha value is -1.36. The smallest absolute Gasteiger partial charge is 0.219 e. The van der Waals surface area contributed by atoms with Gasteiger partial charge in [-0.05, 0) is 6.92 Å². The van der Waals surface area contributed by atoms with Crippen LogP contribution >= 0.6 is 0 Å². The van der Waals surface area contributed by atoms with E-state index in [-0.39, 0.29) is 11.9 Å². The third-order valence-electron chi connectivity index (χ3n) is 3.25. The maximum Gasteiger partial charge on any atom is 0.219 e. The summed E-state index contributed by atoms with van der Waals surface area (Å²) in [7, 11) is 0. The molecule has 17 heavy (non-hydrogen) atoms. The zero-order chi connectivity index (χ0) is 12.4. The number of imidazole rings is 1. The fourth-order valence-electron chi connectivity index (χ4n) is 2.54. The van der Waals surface area contributed by atoms with E-state index in [4.69, 9.17) is 5.73 Å². The van der Waals surface area contributed by atoms with Crippen LogP contribution < -0.4 is 11.1 Å². The van der Waals surface area contributed by atoms with E-state index in [1.54, 1.807) is 0 Å². The van der Waals surface area contributed by atoms with Crippen molar-refractivity contribution in [3.63, 3.8) is 0 Å². The summed E-state index contributed by atoms with van der Waals surface area (Å²) >= 11 is 0. The lowest BCUT2D eigenvalue weighted by atomic mass is 10.1. The number of rotatable bonds is 4. The number of fused-ring (bicyclic) bond motifs is 1. The Labute approximate surface area is 101 Å². The van der Waals surface area contributed by atoms with Crippen molar-refractivity contribution in [3.05, 3.63) is 17.2 Å². The molecule has 0 fully saturated rings. The lowest BCUT2D eigenvalue weighted by molar-refractivity contribution is -0.118. The van der Waals surface area contributed by atoms with Gasteiger partial charge in [-0.25, -0.2) is 4.98 Å². The van der Waals surface area contributed by atoms with Crippen LogP contribution in [0, 0.1) is 0 Å². The van der Waals surface area contributed by atoms with Gasteiger partial charge in [0.25, 0.3) is 0 Å². The topological polar surface area (TPSA) is 72.9 Å². The van der Waals surface area contributed by atoms with E-state index < -0.39 is 0 Å². The van der Waals surface area contributed by atoms with Gasteiger partial charge in [0.1, 0.15) is 5.82 Å². The Morgan fingerprint density at radius 3 is 3.06 bits per heavy atom. The second-order valence-corrected chi connectivity index (χ2v) is 4.59. The standard InChI is InChI=1S/C12H20N4O/c1-3-12-15-9-7-14-5-4-10(9)16(12)8(2)6-11(13)17/h8,14H,3-7H2,1-2H3,(H2,13,17). The third-order valence-corrected chi connectivity index (χ3v) is 3.25. The van der Waals surface area contributed by atoms with Crippen molar-refractivity contribution in [2.75, 3.05) is 6.54 Å². The summed E-state index contributed by atoms with van der Waals surface area (Å²) in [6.07, 6.45) is 2.24. The molecule has 1 aliphatic heterocycles. The summed E-state index contributed by atoms with van der Waals surface area (Å²) in [5.74, 6) is 0.809. The highest BCUT2D eigenvalue weighted by Crippen LogP contribution is 2.23. The number of carbonyl (C=O) groups is 1. The van der Waals surface area contributed by atoms with E-state index in [0.29, 0.717) is 6.42 Å². The minimum atomic E-state index is -0.254. The molecule has 1 atom stereocenters. The second-order valence-electron chi connectivity index (χ2n) is 4.59. The fourth-order valence-corrected chi connectivity index (χ4v) is 2.54. The number of primary amides is 1. The van der Waals surface area contributed by atoms with Gasteiger partial charge < -0.3 is 15.6 Å². The molecule has 2 rings (SSSR count). The first-order valence-electron chi connectivity index (χ1n) is 6.21. The molecule has 5 nitrogen and oxygen atoms in total. The third kappa shape index (κ3) is 2.34. The molecule has 3 N–H and O–H groups in total. The molecule has 0 aliphatic carbocycles. The van der Waals surface area contributed by atoms with Gasteiger partial charge in [0.05, 0.1) is 5.69 Å². The average molecular weight is 236 g/mol. The van der Waals surface area contributed by atoms with Crippen LogP contribution in [0.2, 0.25) is 0 Å². The van der Waals surface area contributed by atoms with Crippen LogP contribution in [-0.2, 0) is 24.2 Å². The molecule has 0 radical (unpaired) electrons. The zero-order valence-corrected chi connectivity index (χ0v) is 10.5. The highest BCUT2D eigenvalue weighted by atomic mass is 16.1. The van der Waals surface area contributed by atoms with Crippen molar-refractivity contribution >= 4 is 5.91 Å². The van der Waals surface area contributed by atoms with Crippen LogP contribution in [0.3, 0.4) is 0 Å². The SMILES string of the molecule is CCc1nc2c(n1C(C)CC(N)=O)CCNC2. The van der Waals surface area contributed by atoms with Crippen molar-refractivity contribution in [2.24, 2.45) is 5.73 Å². The van der Waals surface area contributed by atoms with Gasteiger partial charge in [0.2, 0.25) is 5.91 Å². The molecule has 0 aromatic carbocycles. The molecule has 1 aromatic heterocycles. The second kappa shape index (κ2) is 4.87. The monoisotopic (exact) mass is 236 g/mol. The van der Waals surface area contributed by atoms with E-state index in [9.17, 15) is 4.79 Å². The number of nitrogens with one attached hydrogen (secondary N) is 1. The molecule has 1 unspecified atom stereocenters. The number of nitrogens with two attached hydrogens (primary N) is 1. The van der Waals surface area contributed by atoms with Crippen LogP contribution in [0.5, 0.6) is 0 Å². The van der Waals surface area contributed by atoms with Crippen LogP contribution in [0.1, 0.15) is 43.5 Å². The van der Waals surface area contributed by atoms with Crippen molar-refractivity contribution in [2.45, 2.75) is 45.7 Å². The van der Waals surface area contributed by atoms with E-state index in [2.05, 4.69) is 21.8 Å². The Balaban J connectivity index is 2.36. The predicted octanol–water partition coefficient (Wildman–Crippen LogP) is 0.528. The number of hydrogen-bond donors (Lipinski definition) is 2. The maximum atomic E-state index is 11.0. The van der Waals surface area contributed by atoms with Gasteiger partial charge in [0.15, 0.2) is 0 Å². The maximum absolute atomic E-state index is 11.0. The highest BCUT2D eigenvalue weighted by molar-refractivity contribution is 5.74. The average Bonchev–Trinajstić information content (AvgIpc) is 2.66. The number of aromatic nitrogens is 2. The van der Waals surface area contributed by atoms with E-state index in [1.807, 2.05) is 6.92 Å². The zero-order valence-electron chi connectivity index (χ0n) is 10.5. The largest absolute Gasteiger partial charge is 0.370 e. The number of aryl methyl sites for hydroxylation is 1. The van der Waals surface area contributed by atoms with Crippen LogP contribution in [0.25, 0.3) is 0 Å². The van der Waals surface area contributed by atoms with Gasteiger partial charge in [-0.2, -0.15) is 0 Å². The summed E-state index contributed by atoms with van der Waals surface area (Å²) in [6, 6.07) is 0.108. The fraction of sp³-hybridized carbons (Fsp3) is 0.667. The van der Waals surface area contributed by atoms with Gasteiger partial charge in [-0.15, -0.1) is 0 Å². The predicted molar refractivity (Wildman–Crippen MR) is 65.5 cm³/mol. The summed E-state index contributed by atoms with van der Waals surface area (Å²) in [4.78, 5) is 15.7. The first-order valence-corrected chi connectivity index (χ1v) is 6.21. The molecule has 0 saturated carbocycles. The molecule has 1 amide bonds. The normalized spacial score (nSPS) is 16.6. The van der Waals surface area contributed by atoms with Crippen LogP contribution in [0.15, 0.2) is 0 Å². The number of carbonyl (C=O) groups excluding carboxylic acids is 1. The Kier molecular flexibility index (Phi) is 3.47. The molecule has 0 saturated heterocycles. The van der Waals surface area contributed by atoms with Gasteiger partial charge in [-0.1, -0.05) is 6.92 Å². The lowest BCUT2D eigenvalue weighted by Gasteiger charge is -2.20. The summed E-state index contributed by atoms with van der Waals surface area (Å²) in [5, 5.41) is 3.32. The summed E-state index contributed by atoms with van der Waals surface area (Å²) in [6.45, 7) is 5.94. The highest BCUT2D eigenvalue weighted by Gasteiger charge is 2.22. The van der Waals surface area contributed by atoms with E-state index in [1.165, 1.54) is 5.69 Å². The quantitative estimate of drug-likeness (QED) is 0.801. The van der Waals surface area contributed by atoms with Gasteiger partial charge in [-0.3, -0.25) is 4.79 Å². The molecule has 1 aromatic rings. The molecule has 0 spiro atoms. The minimum Gasteiger partial charge on any atom is -0.370 e. The molecule has 5 heteroatoms. The molecular weight excluding hydrogens is 216 g/mol. The molecule has 94 valence electrons. The van der Waals surface area contributed by atoms with E-state index >= 15 is 0 Å². The molecular formula is C12H20N4O. The molecule has 0 bridgehead atoms. The summed E-state index contributed by atoms with van der Waals surface area (Å²) in [5.41, 5.74) is 7.68. The van der Waals surface area contributed by atoms with Crippen molar-refractivity contribution in [1.82, 2.24) is 14.9 Å². The first kappa shape index (κ1) is 12.1. The molecule has 1 aliphatic rings. The summed E-state index contributed by atoms with van der Waals surface area (Å²) < 4.78 is 2.21. The first-order chi connectivity index (χ1) is 8.13. The van der Waals surface area contributed by atoms with Crippen LogP contribution in [0.4, 0.5) is 0 Å². The Morgan fingerprint density at radius 1 is 1.65 bits per heavy atom. The van der Waals surface area contributed by atoms with Crippen molar-refractivity contribution in [3.8, 4) is 0 Å². The van der Waals surface area contributed by atoms with Gasteiger partial charge in [0, 0.05) is 44.1 Å². The van der Waals surface area contributed by atoms with Crippen molar-refractivity contribution < 1.29 is 4.79 Å². The van der Waals surface area contributed by atoms with Gasteiger partial charge >= 0.3 is 0 Å². The molecule has 2 heterocycles. The number of nitrogens with zero attached hydrogens (tertiary/aromatic N) is 2.